The van der Waals surface area contributed by atoms with E-state index in [1.165, 1.54) is 18.3 Å². The molecule has 5 aromatic rings. The Kier molecular flexibility index (Phi) is 6.20. The number of benzene rings is 3. The molecule has 0 atom stereocenters. The summed E-state index contributed by atoms with van der Waals surface area (Å²) >= 11 is 7.60. The van der Waals surface area contributed by atoms with E-state index in [-0.39, 0.29) is 5.91 Å². The summed E-state index contributed by atoms with van der Waals surface area (Å²) in [4.78, 5) is 11.8. The second-order valence-corrected chi connectivity index (χ2v) is 9.19. The number of nitrogens with one attached hydrogen (secondary N) is 1. The first-order chi connectivity index (χ1) is 16.5. The standard InChI is InChI=1S/C26H20ClN5OS/c1-17(33)29-24-11-10-20(21-14-28-32(16-21)15-18-6-5-9-22(27)12-18)13-23(24)26-31-30-25(34-26)19-7-3-2-4-8-19/h2-14,16H,15H2,1H3,(H,29,33). The SMILES string of the molecule is CC(=O)Nc1ccc(-c2cnn(Cc3cccc(Cl)c3)c2)cc1-c1nnc(-c2ccccc2)s1. The van der Waals surface area contributed by atoms with Crippen LogP contribution in [0.5, 0.6) is 0 Å². The fraction of sp³-hybridized carbons (Fsp3) is 0.0769. The molecule has 1 N–H and O–H groups in total. The molecule has 168 valence electrons. The van der Waals surface area contributed by atoms with Crippen LogP contribution in [0.1, 0.15) is 12.5 Å². The number of hydrogen-bond acceptors (Lipinski definition) is 5. The number of hydrogen-bond donors (Lipinski definition) is 1. The van der Waals surface area contributed by atoms with Gasteiger partial charge in [0.2, 0.25) is 5.91 Å². The third kappa shape index (κ3) is 4.90. The van der Waals surface area contributed by atoms with Crippen molar-refractivity contribution in [2.24, 2.45) is 0 Å². The van der Waals surface area contributed by atoms with Gasteiger partial charge in [0.1, 0.15) is 10.0 Å². The summed E-state index contributed by atoms with van der Waals surface area (Å²) in [5.74, 6) is -0.142. The molecule has 2 heterocycles. The van der Waals surface area contributed by atoms with Crippen LogP contribution in [0, 0.1) is 0 Å². The summed E-state index contributed by atoms with van der Waals surface area (Å²) in [6.45, 7) is 2.11. The minimum Gasteiger partial charge on any atom is -0.326 e. The highest BCUT2D eigenvalue weighted by molar-refractivity contribution is 7.18. The molecule has 0 aliphatic heterocycles. The van der Waals surface area contributed by atoms with E-state index in [0.717, 1.165) is 37.8 Å². The average molecular weight is 486 g/mol. The Bertz CT molecular complexity index is 1460. The summed E-state index contributed by atoms with van der Waals surface area (Å²) in [5.41, 5.74) is 5.52. The van der Waals surface area contributed by atoms with Crippen LogP contribution in [0.3, 0.4) is 0 Å². The van der Waals surface area contributed by atoms with Gasteiger partial charge in [-0.3, -0.25) is 9.48 Å². The molecular weight excluding hydrogens is 466 g/mol. The molecular formula is C26H20ClN5OS. The summed E-state index contributed by atoms with van der Waals surface area (Å²) in [7, 11) is 0. The number of rotatable bonds is 6. The third-order valence-corrected chi connectivity index (χ3v) is 6.45. The molecule has 0 aliphatic rings. The largest absolute Gasteiger partial charge is 0.326 e. The molecule has 3 aromatic carbocycles. The smallest absolute Gasteiger partial charge is 0.221 e. The lowest BCUT2D eigenvalue weighted by Crippen LogP contribution is -2.07. The lowest BCUT2D eigenvalue weighted by atomic mass is 10.0. The molecule has 2 aromatic heterocycles. The molecule has 0 saturated carbocycles. The fourth-order valence-electron chi connectivity index (χ4n) is 3.65. The fourth-order valence-corrected chi connectivity index (χ4v) is 4.74. The van der Waals surface area contributed by atoms with E-state index >= 15 is 0 Å². The van der Waals surface area contributed by atoms with Crippen LogP contribution in [0.2, 0.25) is 5.02 Å². The monoisotopic (exact) mass is 485 g/mol. The van der Waals surface area contributed by atoms with Crippen LogP contribution in [0.25, 0.3) is 32.3 Å². The molecule has 0 bridgehead atoms. The van der Waals surface area contributed by atoms with Crippen LogP contribution in [0.15, 0.2) is 85.2 Å². The zero-order valence-electron chi connectivity index (χ0n) is 18.3. The number of aromatic nitrogens is 4. The van der Waals surface area contributed by atoms with Crippen molar-refractivity contribution in [3.05, 3.63) is 95.8 Å². The number of anilines is 1. The van der Waals surface area contributed by atoms with Crippen molar-refractivity contribution < 1.29 is 4.79 Å². The zero-order valence-corrected chi connectivity index (χ0v) is 19.8. The van der Waals surface area contributed by atoms with E-state index in [1.54, 1.807) is 0 Å². The van der Waals surface area contributed by atoms with Crippen molar-refractivity contribution in [3.8, 4) is 32.3 Å². The Morgan fingerprint density at radius 2 is 1.76 bits per heavy atom. The van der Waals surface area contributed by atoms with Crippen LogP contribution in [-0.2, 0) is 11.3 Å². The zero-order chi connectivity index (χ0) is 23.5. The second kappa shape index (κ2) is 9.59. The number of nitrogens with zero attached hydrogens (tertiary/aromatic N) is 4. The van der Waals surface area contributed by atoms with Gasteiger partial charge in [0.15, 0.2) is 0 Å². The van der Waals surface area contributed by atoms with E-state index in [0.29, 0.717) is 17.3 Å². The number of carbonyl (C=O) groups excluding carboxylic acids is 1. The van der Waals surface area contributed by atoms with Crippen molar-refractivity contribution >= 4 is 34.5 Å². The van der Waals surface area contributed by atoms with Gasteiger partial charge in [0.25, 0.3) is 0 Å². The predicted molar refractivity (Wildman–Crippen MR) is 137 cm³/mol. The lowest BCUT2D eigenvalue weighted by Gasteiger charge is -2.09. The Balaban J connectivity index is 1.48. The second-order valence-electron chi connectivity index (χ2n) is 7.78. The van der Waals surface area contributed by atoms with E-state index in [2.05, 4.69) is 20.6 Å². The molecule has 1 amide bonds. The molecule has 34 heavy (non-hydrogen) atoms. The minimum absolute atomic E-state index is 0.142. The average Bonchev–Trinajstić information content (AvgIpc) is 3.50. The normalized spacial score (nSPS) is 10.9. The van der Waals surface area contributed by atoms with Gasteiger partial charge in [0, 0.05) is 34.8 Å². The third-order valence-electron chi connectivity index (χ3n) is 5.21. The maximum Gasteiger partial charge on any atom is 0.221 e. The first-order valence-corrected chi connectivity index (χ1v) is 11.8. The van der Waals surface area contributed by atoms with Crippen molar-refractivity contribution in [1.82, 2.24) is 20.0 Å². The van der Waals surface area contributed by atoms with Crippen molar-refractivity contribution in [2.45, 2.75) is 13.5 Å². The van der Waals surface area contributed by atoms with E-state index in [4.69, 9.17) is 11.6 Å². The Morgan fingerprint density at radius 3 is 2.56 bits per heavy atom. The minimum atomic E-state index is -0.142. The molecule has 0 aliphatic carbocycles. The quantitative estimate of drug-likeness (QED) is 0.302. The van der Waals surface area contributed by atoms with Gasteiger partial charge < -0.3 is 5.32 Å². The maximum absolute atomic E-state index is 11.8. The first kappa shape index (κ1) is 22.0. The van der Waals surface area contributed by atoms with E-state index in [9.17, 15) is 4.79 Å². The molecule has 8 heteroatoms. The van der Waals surface area contributed by atoms with Gasteiger partial charge in [-0.05, 0) is 35.4 Å². The van der Waals surface area contributed by atoms with Crippen molar-refractivity contribution in [3.63, 3.8) is 0 Å². The van der Waals surface area contributed by atoms with Gasteiger partial charge in [0.05, 0.1) is 18.4 Å². The van der Waals surface area contributed by atoms with Gasteiger partial charge in [-0.1, -0.05) is 71.5 Å². The summed E-state index contributed by atoms with van der Waals surface area (Å²) in [6.07, 6.45) is 3.82. The number of carbonyl (C=O) groups is 1. The first-order valence-electron chi connectivity index (χ1n) is 10.6. The maximum atomic E-state index is 11.8. The number of halogens is 1. The highest BCUT2D eigenvalue weighted by atomic mass is 35.5. The molecule has 0 fully saturated rings. The molecule has 0 saturated heterocycles. The van der Waals surface area contributed by atoms with Gasteiger partial charge in [-0.15, -0.1) is 10.2 Å². The molecule has 6 nitrogen and oxygen atoms in total. The summed E-state index contributed by atoms with van der Waals surface area (Å²) in [5, 5.41) is 18.5. The molecule has 5 rings (SSSR count). The number of amides is 1. The molecule has 0 spiro atoms. The predicted octanol–water partition coefficient (Wildman–Crippen LogP) is 6.40. The topological polar surface area (TPSA) is 72.7 Å². The summed E-state index contributed by atoms with van der Waals surface area (Å²) < 4.78 is 1.88. The van der Waals surface area contributed by atoms with Crippen molar-refractivity contribution in [2.75, 3.05) is 5.32 Å². The Hall–Kier alpha value is -3.81. The van der Waals surface area contributed by atoms with Gasteiger partial charge >= 0.3 is 0 Å². The van der Waals surface area contributed by atoms with Crippen LogP contribution >= 0.6 is 22.9 Å². The van der Waals surface area contributed by atoms with Crippen LogP contribution < -0.4 is 5.32 Å². The van der Waals surface area contributed by atoms with E-state index in [1.807, 2.05) is 89.9 Å². The molecule has 0 radical (unpaired) electrons. The van der Waals surface area contributed by atoms with E-state index < -0.39 is 0 Å². The molecule has 0 unspecified atom stereocenters. The van der Waals surface area contributed by atoms with Crippen LogP contribution in [0.4, 0.5) is 5.69 Å². The Labute approximate surface area is 205 Å². The summed E-state index contributed by atoms with van der Waals surface area (Å²) in [6, 6.07) is 23.5. The van der Waals surface area contributed by atoms with Crippen molar-refractivity contribution in [1.29, 1.82) is 0 Å². The Morgan fingerprint density at radius 1 is 0.941 bits per heavy atom. The highest BCUT2D eigenvalue weighted by Crippen LogP contribution is 2.36. The van der Waals surface area contributed by atoms with Crippen LogP contribution in [-0.4, -0.2) is 25.9 Å². The highest BCUT2D eigenvalue weighted by Gasteiger charge is 2.15. The van der Waals surface area contributed by atoms with Gasteiger partial charge in [-0.2, -0.15) is 5.10 Å². The lowest BCUT2D eigenvalue weighted by molar-refractivity contribution is -0.114. The van der Waals surface area contributed by atoms with Gasteiger partial charge in [-0.25, -0.2) is 0 Å².